The van der Waals surface area contributed by atoms with Crippen LogP contribution in [0.5, 0.6) is 5.75 Å². The molecule has 0 aromatic carbocycles. The molecule has 1 fully saturated rings. The molecule has 0 radical (unpaired) electrons. The highest BCUT2D eigenvalue weighted by Crippen LogP contribution is 2.30. The molecule has 4 atom stereocenters. The Morgan fingerprint density at radius 3 is 2.73 bits per heavy atom. The number of aromatic nitrogens is 3. The van der Waals surface area contributed by atoms with Crippen molar-refractivity contribution in [3.05, 3.63) is 31.0 Å². The zero-order chi connectivity index (χ0) is 15.7. The average Bonchev–Trinajstić information content (AvgIpc) is 2.94. The van der Waals surface area contributed by atoms with Crippen LogP contribution in [0.25, 0.3) is 11.3 Å². The van der Waals surface area contributed by atoms with E-state index < -0.39 is 23.7 Å². The lowest BCUT2D eigenvalue weighted by molar-refractivity contribution is -0.0786. The number of hydrogen-bond donors (Lipinski definition) is 3. The molecular weight excluding hydrogens is 306 g/mol. The zero-order valence-corrected chi connectivity index (χ0v) is 12.7. The highest BCUT2D eigenvalue weighted by atomic mass is 32.2. The number of aliphatic hydroxyl groups is 3. The average molecular weight is 323 g/mol. The molecule has 0 amide bonds. The molecule has 3 N–H and O–H groups in total. The van der Waals surface area contributed by atoms with E-state index in [9.17, 15) is 15.3 Å². The van der Waals surface area contributed by atoms with Gasteiger partial charge in [-0.25, -0.2) is 4.98 Å². The molecule has 118 valence electrons. The van der Waals surface area contributed by atoms with Gasteiger partial charge in [0.15, 0.2) is 5.44 Å². The third-order valence-electron chi connectivity index (χ3n) is 3.53. The van der Waals surface area contributed by atoms with Gasteiger partial charge < -0.3 is 24.6 Å². The van der Waals surface area contributed by atoms with E-state index in [0.29, 0.717) is 11.5 Å². The van der Waals surface area contributed by atoms with Crippen molar-refractivity contribution in [1.82, 2.24) is 14.5 Å². The Balaban J connectivity index is 1.78. The Kier molecular flexibility index (Phi) is 4.34. The van der Waals surface area contributed by atoms with Gasteiger partial charge >= 0.3 is 0 Å². The van der Waals surface area contributed by atoms with E-state index >= 15 is 0 Å². The van der Waals surface area contributed by atoms with Crippen molar-refractivity contribution in [1.29, 1.82) is 0 Å². The van der Waals surface area contributed by atoms with Gasteiger partial charge in [-0.2, -0.15) is 0 Å². The Morgan fingerprint density at radius 1 is 1.18 bits per heavy atom. The summed E-state index contributed by atoms with van der Waals surface area (Å²) in [5.74, 6) is 0.788. The largest absolute Gasteiger partial charge is 0.475 e. The van der Waals surface area contributed by atoms with Crippen LogP contribution in [0.3, 0.4) is 0 Å². The summed E-state index contributed by atoms with van der Waals surface area (Å²) in [6.07, 6.45) is 3.36. The molecule has 3 rings (SSSR count). The number of pyridine rings is 1. The van der Waals surface area contributed by atoms with Gasteiger partial charge in [0.2, 0.25) is 0 Å². The number of aliphatic hydroxyl groups excluding tert-OH is 3. The molecule has 2 aromatic heterocycles. The molecular formula is C14H17N3O4S. The van der Waals surface area contributed by atoms with Crippen LogP contribution in [-0.4, -0.2) is 59.4 Å². The van der Waals surface area contributed by atoms with Crippen LogP contribution in [0.2, 0.25) is 0 Å². The fraction of sp³-hybridized carbons (Fsp3) is 0.429. The summed E-state index contributed by atoms with van der Waals surface area (Å²) in [6, 6.07) is 1.80. The highest BCUT2D eigenvalue weighted by Gasteiger charge is 2.38. The predicted octanol–water partition coefficient (Wildman–Crippen LogP) is 0.0165. The van der Waals surface area contributed by atoms with Crippen molar-refractivity contribution in [2.24, 2.45) is 7.05 Å². The van der Waals surface area contributed by atoms with Crippen LogP contribution in [0.1, 0.15) is 0 Å². The van der Waals surface area contributed by atoms with E-state index in [0.717, 1.165) is 11.3 Å². The van der Waals surface area contributed by atoms with Gasteiger partial charge in [0.25, 0.3) is 0 Å². The van der Waals surface area contributed by atoms with E-state index in [1.54, 1.807) is 31.0 Å². The van der Waals surface area contributed by atoms with Crippen LogP contribution in [0, 0.1) is 0 Å². The van der Waals surface area contributed by atoms with Gasteiger partial charge in [-0.3, -0.25) is 4.98 Å². The van der Waals surface area contributed by atoms with E-state index in [2.05, 4.69) is 9.97 Å². The van der Waals surface area contributed by atoms with Crippen LogP contribution in [0.15, 0.2) is 31.0 Å². The molecule has 0 bridgehead atoms. The molecule has 7 nitrogen and oxygen atoms in total. The third kappa shape index (κ3) is 2.95. The summed E-state index contributed by atoms with van der Waals surface area (Å²) >= 11 is 1.26. The lowest BCUT2D eigenvalue weighted by Crippen LogP contribution is -2.50. The fourth-order valence-electron chi connectivity index (χ4n) is 2.28. The lowest BCUT2D eigenvalue weighted by Gasteiger charge is -2.34. The van der Waals surface area contributed by atoms with E-state index in [1.165, 1.54) is 11.8 Å². The number of rotatable bonds is 3. The minimum absolute atomic E-state index is 0.303. The summed E-state index contributed by atoms with van der Waals surface area (Å²) in [5.41, 5.74) is 1.08. The summed E-state index contributed by atoms with van der Waals surface area (Å²) in [7, 11) is 1.88. The molecule has 22 heavy (non-hydrogen) atoms. The molecule has 8 heteroatoms. The monoisotopic (exact) mass is 323 g/mol. The number of hydrogen-bond acceptors (Lipinski definition) is 7. The first-order chi connectivity index (χ1) is 10.6. The minimum Gasteiger partial charge on any atom is -0.475 e. The molecule has 0 saturated carbocycles. The second-order valence-electron chi connectivity index (χ2n) is 5.17. The fourth-order valence-corrected chi connectivity index (χ4v) is 3.40. The summed E-state index contributed by atoms with van der Waals surface area (Å²) < 4.78 is 7.58. The SMILES string of the molecule is Cn1cncc1-c1cncc(O[C@@H]2SC[C@@H](O)[C@H](O)[C@H]2O)c1. The third-order valence-corrected chi connectivity index (χ3v) is 4.77. The number of ether oxygens (including phenoxy) is 1. The molecule has 0 unspecified atom stereocenters. The smallest absolute Gasteiger partial charge is 0.173 e. The quantitative estimate of drug-likeness (QED) is 0.732. The number of thioether (sulfide) groups is 1. The van der Waals surface area contributed by atoms with Gasteiger partial charge in [0, 0.05) is 24.6 Å². The Morgan fingerprint density at radius 2 is 2.00 bits per heavy atom. The van der Waals surface area contributed by atoms with Gasteiger partial charge in [-0.1, -0.05) is 0 Å². The standard InChI is InChI=1S/C14H17N3O4S/c1-17-7-16-5-10(17)8-2-9(4-15-3-8)21-14-13(20)12(19)11(18)6-22-14/h2-5,7,11-14,18-20H,6H2,1H3/t11-,12+,13-,14-/m1/s1. The van der Waals surface area contributed by atoms with Crippen molar-refractivity contribution in [3.63, 3.8) is 0 Å². The van der Waals surface area contributed by atoms with E-state index in [4.69, 9.17) is 4.74 Å². The van der Waals surface area contributed by atoms with Crippen molar-refractivity contribution in [2.45, 2.75) is 23.7 Å². The lowest BCUT2D eigenvalue weighted by atomic mass is 10.1. The second-order valence-corrected chi connectivity index (χ2v) is 6.30. The number of nitrogens with zero attached hydrogens (tertiary/aromatic N) is 3. The molecule has 1 saturated heterocycles. The normalized spacial score (nSPS) is 28.5. The molecule has 1 aliphatic heterocycles. The topological polar surface area (TPSA) is 101 Å². The number of imidazole rings is 1. The maximum Gasteiger partial charge on any atom is 0.173 e. The summed E-state index contributed by atoms with van der Waals surface area (Å²) in [6.45, 7) is 0. The minimum atomic E-state index is -1.21. The van der Waals surface area contributed by atoms with Gasteiger partial charge in [0.05, 0.1) is 30.5 Å². The van der Waals surface area contributed by atoms with Gasteiger partial charge in [-0.05, 0) is 6.07 Å². The van der Waals surface area contributed by atoms with Crippen molar-refractivity contribution in [3.8, 4) is 17.0 Å². The molecule has 3 heterocycles. The van der Waals surface area contributed by atoms with Gasteiger partial charge in [0.1, 0.15) is 18.0 Å². The Hall–Kier alpha value is -1.61. The van der Waals surface area contributed by atoms with Crippen LogP contribution < -0.4 is 4.74 Å². The Labute approximate surface area is 131 Å². The van der Waals surface area contributed by atoms with Crippen LogP contribution in [-0.2, 0) is 7.05 Å². The first-order valence-electron chi connectivity index (χ1n) is 6.80. The molecule has 0 spiro atoms. The highest BCUT2D eigenvalue weighted by molar-refractivity contribution is 7.99. The van der Waals surface area contributed by atoms with Crippen LogP contribution >= 0.6 is 11.8 Å². The predicted molar refractivity (Wildman–Crippen MR) is 81.3 cm³/mol. The van der Waals surface area contributed by atoms with Crippen molar-refractivity contribution < 1.29 is 20.1 Å². The van der Waals surface area contributed by atoms with Crippen molar-refractivity contribution >= 4 is 11.8 Å². The maximum absolute atomic E-state index is 9.98. The second kappa shape index (κ2) is 6.25. The first kappa shape index (κ1) is 15.3. The summed E-state index contributed by atoms with van der Waals surface area (Å²) in [5, 5.41) is 29.2. The zero-order valence-electron chi connectivity index (χ0n) is 11.9. The van der Waals surface area contributed by atoms with Gasteiger partial charge in [-0.15, -0.1) is 11.8 Å². The summed E-state index contributed by atoms with van der Waals surface area (Å²) in [4.78, 5) is 8.20. The Bertz CT molecular complexity index is 651. The first-order valence-corrected chi connectivity index (χ1v) is 7.85. The van der Waals surface area contributed by atoms with E-state index in [-0.39, 0.29) is 0 Å². The molecule has 1 aliphatic rings. The van der Waals surface area contributed by atoms with Crippen LogP contribution in [0.4, 0.5) is 0 Å². The number of aryl methyl sites for hydroxylation is 1. The molecule has 2 aromatic rings. The van der Waals surface area contributed by atoms with Crippen molar-refractivity contribution in [2.75, 3.05) is 5.75 Å². The molecule has 0 aliphatic carbocycles. The van der Waals surface area contributed by atoms with E-state index in [1.807, 2.05) is 11.6 Å². The maximum atomic E-state index is 9.98.